The second-order valence-corrected chi connectivity index (χ2v) is 4.21. The summed E-state index contributed by atoms with van der Waals surface area (Å²) in [6, 6.07) is 7.77. The molecule has 0 N–H and O–H groups in total. The van der Waals surface area contributed by atoms with Gasteiger partial charge in [-0.3, -0.25) is 0 Å². The van der Waals surface area contributed by atoms with E-state index in [-0.39, 0.29) is 0 Å². The molecule has 0 unspecified atom stereocenters. The van der Waals surface area contributed by atoms with Gasteiger partial charge in [0.2, 0.25) is 0 Å². The quantitative estimate of drug-likeness (QED) is 0.730. The molecule has 0 saturated heterocycles. The van der Waals surface area contributed by atoms with Gasteiger partial charge in [-0.2, -0.15) is 0 Å². The van der Waals surface area contributed by atoms with Crippen LogP contribution in [0.25, 0.3) is 17.0 Å². The number of hydrogen-bond acceptors (Lipinski definition) is 4. The van der Waals surface area contributed by atoms with Crippen LogP contribution in [-0.4, -0.2) is 23.8 Å². The van der Waals surface area contributed by atoms with Crippen molar-refractivity contribution in [2.24, 2.45) is 0 Å². The fourth-order valence-electron chi connectivity index (χ4n) is 2.05. The van der Waals surface area contributed by atoms with E-state index in [0.29, 0.717) is 5.76 Å². The Bertz CT molecular complexity index is 702. The van der Waals surface area contributed by atoms with Crippen molar-refractivity contribution in [3.63, 3.8) is 0 Å². The number of hydrogen-bond donors (Lipinski definition) is 0. The maximum absolute atomic E-state index is 5.43. The fourth-order valence-corrected chi connectivity index (χ4v) is 2.05. The van der Waals surface area contributed by atoms with Gasteiger partial charge in [0.05, 0.1) is 32.2 Å². The van der Waals surface area contributed by atoms with Gasteiger partial charge in [0.25, 0.3) is 0 Å². The van der Waals surface area contributed by atoms with Crippen molar-refractivity contribution in [3.05, 3.63) is 49.2 Å². The molecule has 0 aliphatic heterocycles. The van der Waals surface area contributed by atoms with E-state index in [4.69, 9.17) is 13.9 Å². The second-order valence-electron chi connectivity index (χ2n) is 4.21. The normalized spacial score (nSPS) is 10.5. The van der Waals surface area contributed by atoms with Crippen LogP contribution in [0.3, 0.4) is 0 Å². The predicted octanol–water partition coefficient (Wildman–Crippen LogP) is 3.15. The van der Waals surface area contributed by atoms with E-state index in [2.05, 4.69) is 4.98 Å². The lowest BCUT2D eigenvalue weighted by Gasteiger charge is -2.09. The maximum Gasteiger partial charge on any atom is 0.181 e. The third-order valence-corrected chi connectivity index (χ3v) is 3.08. The first-order valence-electron chi connectivity index (χ1n) is 6.11. The Morgan fingerprint density at radius 3 is 2.70 bits per heavy atom. The van der Waals surface area contributed by atoms with Crippen LogP contribution in [0.2, 0.25) is 0 Å². The first kappa shape index (κ1) is 12.3. The van der Waals surface area contributed by atoms with Crippen molar-refractivity contribution in [1.29, 1.82) is 0 Å². The Labute approximate surface area is 116 Å². The zero-order valence-corrected chi connectivity index (χ0v) is 11.2. The van der Waals surface area contributed by atoms with Crippen molar-refractivity contribution in [1.82, 2.24) is 9.55 Å². The molecule has 5 heteroatoms. The third kappa shape index (κ3) is 2.14. The van der Waals surface area contributed by atoms with Crippen LogP contribution in [-0.2, 0) is 0 Å². The number of nitrogens with zero attached hydrogens (tertiary/aromatic N) is 2. The molecule has 0 saturated carbocycles. The number of aromatic nitrogens is 2. The summed E-state index contributed by atoms with van der Waals surface area (Å²) in [4.78, 5) is 3.93. The molecule has 0 fully saturated rings. The topological polar surface area (TPSA) is 49.4 Å². The summed E-state index contributed by atoms with van der Waals surface area (Å²) in [6.07, 6.45) is 6.90. The van der Waals surface area contributed by atoms with Gasteiger partial charge in [0.1, 0.15) is 11.5 Å². The average Bonchev–Trinajstić information content (AvgIpc) is 3.17. The summed E-state index contributed by atoms with van der Waals surface area (Å²) in [7, 11) is 3.28. The van der Waals surface area contributed by atoms with E-state index in [1.54, 1.807) is 20.4 Å². The second kappa shape index (κ2) is 5.13. The zero-order valence-electron chi connectivity index (χ0n) is 11.2. The molecule has 5 nitrogen and oxygen atoms in total. The smallest absolute Gasteiger partial charge is 0.181 e. The van der Waals surface area contributed by atoms with Gasteiger partial charge in [-0.05, 0) is 18.2 Å². The van der Waals surface area contributed by atoms with Crippen LogP contribution < -0.4 is 9.47 Å². The number of benzene rings is 1. The van der Waals surface area contributed by atoms with Crippen LogP contribution >= 0.6 is 0 Å². The molecule has 0 atom stereocenters. The summed E-state index contributed by atoms with van der Waals surface area (Å²) < 4.78 is 17.9. The Morgan fingerprint density at radius 2 is 2.05 bits per heavy atom. The molecule has 3 rings (SSSR count). The third-order valence-electron chi connectivity index (χ3n) is 3.08. The lowest BCUT2D eigenvalue weighted by atomic mass is 10.1. The van der Waals surface area contributed by atoms with Crippen LogP contribution in [0.15, 0.2) is 53.7 Å². The van der Waals surface area contributed by atoms with Gasteiger partial charge in [-0.25, -0.2) is 4.98 Å². The lowest BCUT2D eigenvalue weighted by Crippen LogP contribution is -1.93. The van der Waals surface area contributed by atoms with Gasteiger partial charge >= 0.3 is 0 Å². The summed E-state index contributed by atoms with van der Waals surface area (Å²) in [5, 5.41) is 0. The highest BCUT2D eigenvalue weighted by Gasteiger charge is 2.10. The van der Waals surface area contributed by atoms with Gasteiger partial charge in [-0.1, -0.05) is 0 Å². The number of ether oxygens (including phenoxy) is 2. The molecule has 2 aromatic heterocycles. The minimum Gasteiger partial charge on any atom is -0.496 e. The molecule has 1 aromatic carbocycles. The minimum absolute atomic E-state index is 0.679. The van der Waals surface area contributed by atoms with Crippen LogP contribution in [0.5, 0.6) is 11.5 Å². The summed E-state index contributed by atoms with van der Waals surface area (Å²) >= 11 is 0. The SMILES string of the molecule is COc1ccn(-c2ccc(-c3cnco3)c(OC)c2)c1. The Kier molecular flexibility index (Phi) is 3.16. The van der Waals surface area contributed by atoms with Crippen molar-refractivity contribution in [2.75, 3.05) is 14.2 Å². The largest absolute Gasteiger partial charge is 0.496 e. The van der Waals surface area contributed by atoms with Crippen LogP contribution in [0.4, 0.5) is 0 Å². The highest BCUT2D eigenvalue weighted by atomic mass is 16.5. The lowest BCUT2D eigenvalue weighted by molar-refractivity contribution is 0.413. The van der Waals surface area contributed by atoms with E-state index in [1.165, 1.54) is 6.39 Å². The van der Waals surface area contributed by atoms with Crippen molar-refractivity contribution in [3.8, 4) is 28.5 Å². The summed E-state index contributed by atoms with van der Waals surface area (Å²) in [5.74, 6) is 2.22. The Hall–Kier alpha value is -2.69. The summed E-state index contributed by atoms with van der Waals surface area (Å²) in [5.41, 5.74) is 1.85. The minimum atomic E-state index is 0.679. The molecular formula is C15H14N2O3. The van der Waals surface area contributed by atoms with E-state index in [0.717, 1.165) is 22.7 Å². The van der Waals surface area contributed by atoms with Gasteiger partial charge in [0, 0.05) is 18.0 Å². The van der Waals surface area contributed by atoms with Crippen molar-refractivity contribution < 1.29 is 13.9 Å². The standard InChI is InChI=1S/C15H14N2O3/c1-18-12-5-6-17(9-12)11-3-4-13(14(7-11)19-2)15-8-16-10-20-15/h3-10H,1-2H3. The first-order valence-corrected chi connectivity index (χ1v) is 6.11. The van der Waals surface area contributed by atoms with Crippen molar-refractivity contribution in [2.45, 2.75) is 0 Å². The molecule has 0 radical (unpaired) electrons. The highest BCUT2D eigenvalue weighted by molar-refractivity contribution is 5.67. The molecule has 20 heavy (non-hydrogen) atoms. The van der Waals surface area contributed by atoms with E-state index in [9.17, 15) is 0 Å². The molecule has 0 aliphatic rings. The molecule has 3 aromatic rings. The first-order chi connectivity index (χ1) is 9.81. The molecule has 0 amide bonds. The van der Waals surface area contributed by atoms with Crippen LogP contribution in [0.1, 0.15) is 0 Å². The maximum atomic E-state index is 5.43. The predicted molar refractivity (Wildman–Crippen MR) is 74.4 cm³/mol. The van der Waals surface area contributed by atoms with E-state index >= 15 is 0 Å². The number of rotatable bonds is 4. The van der Waals surface area contributed by atoms with Gasteiger partial charge < -0.3 is 18.5 Å². The highest BCUT2D eigenvalue weighted by Crippen LogP contribution is 2.32. The van der Waals surface area contributed by atoms with Gasteiger partial charge in [0.15, 0.2) is 12.2 Å². The van der Waals surface area contributed by atoms with E-state index < -0.39 is 0 Å². The molecule has 2 heterocycles. The molecule has 0 bridgehead atoms. The fraction of sp³-hybridized carbons (Fsp3) is 0.133. The monoisotopic (exact) mass is 270 g/mol. The number of methoxy groups -OCH3 is 2. The average molecular weight is 270 g/mol. The Morgan fingerprint density at radius 1 is 1.15 bits per heavy atom. The number of oxazole rings is 1. The molecule has 0 aliphatic carbocycles. The van der Waals surface area contributed by atoms with Gasteiger partial charge in [-0.15, -0.1) is 0 Å². The van der Waals surface area contributed by atoms with E-state index in [1.807, 2.05) is 41.2 Å². The molecule has 0 spiro atoms. The summed E-state index contributed by atoms with van der Waals surface area (Å²) in [6.45, 7) is 0. The molecule has 102 valence electrons. The Balaban J connectivity index is 2.03. The zero-order chi connectivity index (χ0) is 13.9. The van der Waals surface area contributed by atoms with Crippen LogP contribution in [0, 0.1) is 0 Å². The molecular weight excluding hydrogens is 256 g/mol. The van der Waals surface area contributed by atoms with Crippen molar-refractivity contribution >= 4 is 0 Å².